The molecule has 0 aliphatic rings. The number of hydrogen-bond donors (Lipinski definition) is 1. The summed E-state index contributed by atoms with van der Waals surface area (Å²) in [6, 6.07) is 11.9. The molecular weight excluding hydrogens is 297 g/mol. The summed E-state index contributed by atoms with van der Waals surface area (Å²) in [7, 11) is 3.18. The minimum atomic E-state index is -0.317. The van der Waals surface area contributed by atoms with Crippen molar-refractivity contribution in [2.24, 2.45) is 0 Å². The Kier molecular flexibility index (Phi) is 5.97. The van der Waals surface area contributed by atoms with Crippen molar-refractivity contribution in [1.82, 2.24) is 5.32 Å². The molecule has 0 aromatic heterocycles. The number of nitrogens with one attached hydrogen (secondary N) is 1. The molecule has 2 aromatic rings. The van der Waals surface area contributed by atoms with E-state index < -0.39 is 0 Å². The molecule has 2 rings (SSSR count). The Morgan fingerprint density at radius 1 is 1.09 bits per heavy atom. The molecule has 0 aliphatic heterocycles. The van der Waals surface area contributed by atoms with E-state index in [1.54, 1.807) is 38.5 Å². The quantitative estimate of drug-likeness (QED) is 0.853. The van der Waals surface area contributed by atoms with Crippen LogP contribution in [0.1, 0.15) is 17.5 Å². The second-order valence-electron chi connectivity index (χ2n) is 5.05. The van der Waals surface area contributed by atoms with E-state index in [1.165, 1.54) is 6.07 Å². The number of carbonyl (C=O) groups excluding carboxylic acids is 1. The summed E-state index contributed by atoms with van der Waals surface area (Å²) >= 11 is 0. The molecular formula is C18H20FNO3. The Bertz CT molecular complexity index is 673. The Hall–Kier alpha value is -2.56. The van der Waals surface area contributed by atoms with Crippen molar-refractivity contribution in [3.8, 4) is 11.5 Å². The average Bonchev–Trinajstić information content (AvgIpc) is 2.58. The molecule has 122 valence electrons. The van der Waals surface area contributed by atoms with Crippen LogP contribution in [0.4, 0.5) is 4.39 Å². The third-order valence-corrected chi connectivity index (χ3v) is 3.54. The summed E-state index contributed by atoms with van der Waals surface area (Å²) < 4.78 is 24.0. The summed E-state index contributed by atoms with van der Waals surface area (Å²) in [5.41, 5.74) is 1.37. The highest BCUT2D eigenvalue weighted by atomic mass is 19.1. The molecule has 0 aliphatic carbocycles. The van der Waals surface area contributed by atoms with Crippen molar-refractivity contribution in [1.29, 1.82) is 0 Å². The van der Waals surface area contributed by atoms with Crippen LogP contribution in [0.15, 0.2) is 42.5 Å². The zero-order valence-corrected chi connectivity index (χ0v) is 13.3. The molecule has 1 amide bonds. The number of carbonyl (C=O) groups is 1. The second-order valence-corrected chi connectivity index (χ2v) is 5.05. The smallest absolute Gasteiger partial charge is 0.220 e. The fourth-order valence-electron chi connectivity index (χ4n) is 2.25. The summed E-state index contributed by atoms with van der Waals surface area (Å²) in [6.07, 6.45) is 0.807. The van der Waals surface area contributed by atoms with Crippen LogP contribution in [0, 0.1) is 5.82 Å². The van der Waals surface area contributed by atoms with Gasteiger partial charge in [0.15, 0.2) is 0 Å². The first kappa shape index (κ1) is 16.8. The number of hydrogen-bond acceptors (Lipinski definition) is 3. The third-order valence-electron chi connectivity index (χ3n) is 3.54. The lowest BCUT2D eigenvalue weighted by Gasteiger charge is -2.11. The largest absolute Gasteiger partial charge is 0.497 e. The number of rotatable bonds is 7. The molecule has 0 saturated heterocycles. The lowest BCUT2D eigenvalue weighted by atomic mass is 10.1. The van der Waals surface area contributed by atoms with Gasteiger partial charge in [-0.05, 0) is 36.2 Å². The van der Waals surface area contributed by atoms with E-state index in [-0.39, 0.29) is 24.7 Å². The lowest BCUT2D eigenvalue weighted by molar-refractivity contribution is -0.121. The molecule has 4 nitrogen and oxygen atoms in total. The van der Waals surface area contributed by atoms with Crippen LogP contribution in [-0.2, 0) is 17.8 Å². The number of amides is 1. The van der Waals surface area contributed by atoms with Crippen LogP contribution in [0.5, 0.6) is 11.5 Å². The fraction of sp³-hybridized carbons (Fsp3) is 0.278. The van der Waals surface area contributed by atoms with Crippen LogP contribution in [0.3, 0.4) is 0 Å². The fourth-order valence-corrected chi connectivity index (χ4v) is 2.25. The van der Waals surface area contributed by atoms with Crippen molar-refractivity contribution >= 4 is 5.91 Å². The van der Waals surface area contributed by atoms with Gasteiger partial charge in [-0.1, -0.05) is 18.2 Å². The molecule has 0 bridgehead atoms. The molecule has 0 spiro atoms. The third kappa shape index (κ3) is 4.71. The van der Waals surface area contributed by atoms with Gasteiger partial charge in [0.05, 0.1) is 14.2 Å². The number of ether oxygens (including phenoxy) is 2. The zero-order chi connectivity index (χ0) is 16.7. The predicted molar refractivity (Wildman–Crippen MR) is 86.1 cm³/mol. The van der Waals surface area contributed by atoms with Crippen molar-refractivity contribution in [3.63, 3.8) is 0 Å². The number of halogens is 1. The van der Waals surface area contributed by atoms with Gasteiger partial charge in [-0.2, -0.15) is 0 Å². The van der Waals surface area contributed by atoms with Gasteiger partial charge in [0, 0.05) is 18.5 Å². The second kappa shape index (κ2) is 8.17. The van der Waals surface area contributed by atoms with Gasteiger partial charge in [0.2, 0.25) is 5.91 Å². The van der Waals surface area contributed by atoms with E-state index in [1.807, 2.05) is 12.1 Å². The van der Waals surface area contributed by atoms with E-state index in [4.69, 9.17) is 9.47 Å². The molecule has 0 saturated carbocycles. The van der Waals surface area contributed by atoms with Crippen molar-refractivity contribution < 1.29 is 18.7 Å². The van der Waals surface area contributed by atoms with Gasteiger partial charge >= 0.3 is 0 Å². The lowest BCUT2D eigenvalue weighted by Crippen LogP contribution is -2.23. The topological polar surface area (TPSA) is 47.6 Å². The van der Waals surface area contributed by atoms with Crippen molar-refractivity contribution in [2.45, 2.75) is 19.4 Å². The molecule has 0 unspecified atom stereocenters. The van der Waals surface area contributed by atoms with Crippen LogP contribution in [0.2, 0.25) is 0 Å². The van der Waals surface area contributed by atoms with Crippen molar-refractivity contribution in [2.75, 3.05) is 14.2 Å². The molecule has 0 fully saturated rings. The Morgan fingerprint density at radius 3 is 2.57 bits per heavy atom. The molecule has 23 heavy (non-hydrogen) atoms. The Morgan fingerprint density at radius 2 is 1.87 bits per heavy atom. The molecule has 0 heterocycles. The van der Waals surface area contributed by atoms with Gasteiger partial charge in [0.25, 0.3) is 0 Å². The minimum Gasteiger partial charge on any atom is -0.497 e. The van der Waals surface area contributed by atoms with Crippen LogP contribution in [0.25, 0.3) is 0 Å². The number of benzene rings is 2. The SMILES string of the molecule is COc1ccc(OC)c(CCC(=O)NCc2ccccc2F)c1. The molecule has 2 aromatic carbocycles. The van der Waals surface area contributed by atoms with Crippen molar-refractivity contribution in [3.05, 3.63) is 59.4 Å². The van der Waals surface area contributed by atoms with E-state index in [0.29, 0.717) is 23.5 Å². The Balaban J connectivity index is 1.90. The highest BCUT2D eigenvalue weighted by molar-refractivity contribution is 5.76. The first-order valence-corrected chi connectivity index (χ1v) is 7.35. The van der Waals surface area contributed by atoms with E-state index >= 15 is 0 Å². The predicted octanol–water partition coefficient (Wildman–Crippen LogP) is 3.09. The van der Waals surface area contributed by atoms with Crippen LogP contribution < -0.4 is 14.8 Å². The highest BCUT2D eigenvalue weighted by Crippen LogP contribution is 2.25. The average molecular weight is 317 g/mol. The van der Waals surface area contributed by atoms with Gasteiger partial charge in [-0.3, -0.25) is 4.79 Å². The van der Waals surface area contributed by atoms with E-state index in [2.05, 4.69) is 5.32 Å². The van der Waals surface area contributed by atoms with Crippen LogP contribution in [-0.4, -0.2) is 20.1 Å². The maximum absolute atomic E-state index is 13.5. The summed E-state index contributed by atoms with van der Waals surface area (Å²) in [5, 5.41) is 2.73. The first-order chi connectivity index (χ1) is 11.1. The first-order valence-electron chi connectivity index (χ1n) is 7.35. The number of methoxy groups -OCH3 is 2. The van der Waals surface area contributed by atoms with E-state index in [0.717, 1.165) is 5.56 Å². The zero-order valence-electron chi connectivity index (χ0n) is 13.3. The monoisotopic (exact) mass is 317 g/mol. The summed E-state index contributed by atoms with van der Waals surface area (Å²) in [4.78, 5) is 11.9. The van der Waals surface area contributed by atoms with Gasteiger partial charge in [0.1, 0.15) is 17.3 Å². The molecule has 0 radical (unpaired) electrons. The standard InChI is InChI=1S/C18H20FNO3/c1-22-15-8-9-17(23-2)13(11-15)7-10-18(21)20-12-14-5-3-4-6-16(14)19/h3-6,8-9,11H,7,10,12H2,1-2H3,(H,20,21). The van der Waals surface area contributed by atoms with Gasteiger partial charge in [-0.25, -0.2) is 4.39 Å². The molecule has 5 heteroatoms. The highest BCUT2D eigenvalue weighted by Gasteiger charge is 2.09. The van der Waals surface area contributed by atoms with E-state index in [9.17, 15) is 9.18 Å². The normalized spacial score (nSPS) is 10.2. The maximum Gasteiger partial charge on any atom is 0.220 e. The maximum atomic E-state index is 13.5. The van der Waals surface area contributed by atoms with Gasteiger partial charge in [-0.15, -0.1) is 0 Å². The van der Waals surface area contributed by atoms with Gasteiger partial charge < -0.3 is 14.8 Å². The number of aryl methyl sites for hydroxylation is 1. The molecule has 0 atom stereocenters. The van der Waals surface area contributed by atoms with Crippen LogP contribution >= 0.6 is 0 Å². The summed E-state index contributed by atoms with van der Waals surface area (Å²) in [6.45, 7) is 0.181. The summed E-state index contributed by atoms with van der Waals surface area (Å²) in [5.74, 6) is 0.973. The Labute approximate surface area is 135 Å². The molecule has 1 N–H and O–H groups in total. The minimum absolute atomic E-state index is 0.141.